The molecular weight excluding hydrogens is 358 g/mol. The van der Waals surface area contributed by atoms with Crippen molar-refractivity contribution < 1.29 is 5.11 Å². The van der Waals surface area contributed by atoms with Gasteiger partial charge in [0.1, 0.15) is 0 Å². The van der Waals surface area contributed by atoms with E-state index in [2.05, 4.69) is 43.2 Å². The number of hydrogen-bond acceptors (Lipinski definition) is 4. The van der Waals surface area contributed by atoms with Gasteiger partial charge in [-0.2, -0.15) is 0 Å². The zero-order valence-corrected chi connectivity index (χ0v) is 17.5. The zero-order valence-electron chi connectivity index (χ0n) is 17.5. The second-order valence-corrected chi connectivity index (χ2v) is 8.28. The lowest BCUT2D eigenvalue weighted by Gasteiger charge is -2.43. The van der Waals surface area contributed by atoms with Crippen LogP contribution in [0.1, 0.15) is 67.5 Å². The highest BCUT2D eigenvalue weighted by molar-refractivity contribution is 5.62. The highest BCUT2D eigenvalue weighted by atomic mass is 16.3. The van der Waals surface area contributed by atoms with Crippen LogP contribution in [-0.2, 0) is 13.2 Å². The van der Waals surface area contributed by atoms with Gasteiger partial charge in [0.2, 0.25) is 0 Å². The topological polar surface area (TPSA) is 48.7 Å². The highest BCUT2D eigenvalue weighted by Crippen LogP contribution is 2.40. The van der Waals surface area contributed by atoms with E-state index >= 15 is 0 Å². The van der Waals surface area contributed by atoms with Crippen molar-refractivity contribution in [2.24, 2.45) is 4.99 Å². The Bertz CT molecular complexity index is 918. The van der Waals surface area contributed by atoms with Crippen LogP contribution in [0.3, 0.4) is 0 Å². The summed E-state index contributed by atoms with van der Waals surface area (Å²) in [5.41, 5.74) is 7.28. The summed E-state index contributed by atoms with van der Waals surface area (Å²) in [7, 11) is 0. The molecule has 0 spiro atoms. The van der Waals surface area contributed by atoms with Gasteiger partial charge < -0.3 is 5.11 Å². The summed E-state index contributed by atoms with van der Waals surface area (Å²) in [5, 5.41) is 9.87. The Hall–Kier alpha value is -2.30. The van der Waals surface area contributed by atoms with Crippen molar-refractivity contribution in [3.63, 3.8) is 0 Å². The van der Waals surface area contributed by atoms with Gasteiger partial charge in [-0.05, 0) is 74.3 Å². The molecule has 4 nitrogen and oxygen atoms in total. The molecule has 4 heteroatoms. The minimum Gasteiger partial charge on any atom is -0.392 e. The van der Waals surface area contributed by atoms with Gasteiger partial charge in [0.25, 0.3) is 0 Å². The van der Waals surface area contributed by atoms with E-state index in [1.54, 1.807) is 0 Å². The average molecular weight is 390 g/mol. The number of aliphatic hydroxyl groups is 1. The maximum Gasteiger partial charge on any atom is 0.0685 e. The largest absolute Gasteiger partial charge is 0.392 e. The fraction of sp³-hybridized carbons (Fsp3) is 0.440. The van der Waals surface area contributed by atoms with Crippen LogP contribution in [0.25, 0.3) is 0 Å². The van der Waals surface area contributed by atoms with E-state index in [9.17, 15) is 5.11 Å². The van der Waals surface area contributed by atoms with Crippen molar-refractivity contribution in [2.45, 2.75) is 71.2 Å². The summed E-state index contributed by atoms with van der Waals surface area (Å²) in [6.45, 7) is 5.27. The number of rotatable bonds is 5. The van der Waals surface area contributed by atoms with E-state index in [4.69, 9.17) is 9.98 Å². The number of aliphatic hydroxyl groups excluding tert-OH is 1. The molecule has 0 amide bonds. The molecule has 1 fully saturated rings. The molecule has 152 valence electrons. The molecule has 3 heterocycles. The third-order valence-electron chi connectivity index (χ3n) is 6.39. The Morgan fingerprint density at radius 1 is 1.03 bits per heavy atom. The van der Waals surface area contributed by atoms with Crippen LogP contribution < -0.4 is 0 Å². The molecule has 4 rings (SSSR count). The van der Waals surface area contributed by atoms with Crippen LogP contribution in [-0.4, -0.2) is 27.2 Å². The van der Waals surface area contributed by atoms with E-state index < -0.39 is 0 Å². The monoisotopic (exact) mass is 389 g/mol. The smallest absolute Gasteiger partial charge is 0.0685 e. The van der Waals surface area contributed by atoms with E-state index in [1.165, 1.54) is 34.5 Å². The summed E-state index contributed by atoms with van der Waals surface area (Å²) in [5.74, 6) is 0. The van der Waals surface area contributed by atoms with Gasteiger partial charge in [-0.15, -0.1) is 0 Å². The molecule has 1 N–H and O–H groups in total. The fourth-order valence-corrected chi connectivity index (χ4v) is 4.82. The fourth-order valence-electron chi connectivity index (χ4n) is 4.82. The van der Waals surface area contributed by atoms with Gasteiger partial charge in [0.15, 0.2) is 0 Å². The Balaban J connectivity index is 1.76. The summed E-state index contributed by atoms with van der Waals surface area (Å²) >= 11 is 0. The van der Waals surface area contributed by atoms with Gasteiger partial charge in [0, 0.05) is 19.0 Å². The predicted molar refractivity (Wildman–Crippen MR) is 118 cm³/mol. The van der Waals surface area contributed by atoms with Crippen molar-refractivity contribution >= 4 is 6.21 Å². The standard InChI is InChI=1S/C25H31N3O/c1-18-8-6-14-26-24(18)22-12-5-13-23(25-19(2)9-7-15-27-25)28(22)16-20-10-3-4-11-21(20)17-29/h3-4,6,8,10-11,14-15,22-23,29H,5,7,9,12-13,16-17H2,1-2H3. The summed E-state index contributed by atoms with van der Waals surface area (Å²) in [6.07, 6.45) is 9.53. The number of hydrogen-bond donors (Lipinski definition) is 1. The maximum absolute atomic E-state index is 9.87. The van der Waals surface area contributed by atoms with E-state index in [-0.39, 0.29) is 12.6 Å². The van der Waals surface area contributed by atoms with Crippen molar-refractivity contribution in [3.8, 4) is 0 Å². The number of nitrogens with zero attached hydrogens (tertiary/aromatic N) is 3. The highest BCUT2D eigenvalue weighted by Gasteiger charge is 2.36. The van der Waals surface area contributed by atoms with Gasteiger partial charge in [-0.25, -0.2) is 0 Å². The predicted octanol–water partition coefficient (Wildman–Crippen LogP) is 5.12. The number of allylic oxidation sites excluding steroid dienone is 1. The first-order chi connectivity index (χ1) is 14.2. The minimum atomic E-state index is 0.0713. The van der Waals surface area contributed by atoms with Crippen LogP contribution in [0.15, 0.2) is 58.9 Å². The van der Waals surface area contributed by atoms with E-state index in [1.807, 2.05) is 24.4 Å². The number of aryl methyl sites for hydroxylation is 1. The molecule has 2 unspecified atom stereocenters. The van der Waals surface area contributed by atoms with Crippen molar-refractivity contribution in [3.05, 3.63) is 76.2 Å². The number of benzene rings is 1. The molecular formula is C25H31N3O. The Morgan fingerprint density at radius 3 is 2.59 bits per heavy atom. The molecule has 2 aromatic rings. The lowest BCUT2D eigenvalue weighted by molar-refractivity contribution is 0.0881. The zero-order chi connectivity index (χ0) is 20.2. The van der Waals surface area contributed by atoms with Gasteiger partial charge >= 0.3 is 0 Å². The second-order valence-electron chi connectivity index (χ2n) is 8.28. The third kappa shape index (κ3) is 4.19. The average Bonchev–Trinajstić information content (AvgIpc) is 2.75. The number of aliphatic imine (C=N–C) groups is 1. The Labute approximate surface area is 174 Å². The molecule has 2 aliphatic heterocycles. The minimum absolute atomic E-state index is 0.0713. The number of aromatic nitrogens is 1. The summed E-state index contributed by atoms with van der Waals surface area (Å²) < 4.78 is 0. The molecule has 0 saturated carbocycles. The molecule has 2 atom stereocenters. The normalized spacial score (nSPS) is 22.9. The van der Waals surface area contributed by atoms with Gasteiger partial charge in [-0.1, -0.05) is 30.3 Å². The van der Waals surface area contributed by atoms with Crippen LogP contribution in [0.5, 0.6) is 0 Å². The van der Waals surface area contributed by atoms with Crippen molar-refractivity contribution in [2.75, 3.05) is 0 Å². The van der Waals surface area contributed by atoms with Crippen LogP contribution in [0, 0.1) is 6.92 Å². The summed E-state index contributed by atoms with van der Waals surface area (Å²) in [4.78, 5) is 12.2. The molecule has 1 aromatic heterocycles. The third-order valence-corrected chi connectivity index (χ3v) is 6.39. The van der Waals surface area contributed by atoms with Crippen LogP contribution in [0.2, 0.25) is 0 Å². The quantitative estimate of drug-likeness (QED) is 0.772. The molecule has 29 heavy (non-hydrogen) atoms. The van der Waals surface area contributed by atoms with E-state index in [0.29, 0.717) is 6.04 Å². The molecule has 0 radical (unpaired) electrons. The van der Waals surface area contributed by atoms with Crippen molar-refractivity contribution in [1.82, 2.24) is 9.88 Å². The first-order valence-corrected chi connectivity index (χ1v) is 10.8. The second kappa shape index (κ2) is 9.02. The van der Waals surface area contributed by atoms with Crippen LogP contribution in [0.4, 0.5) is 0 Å². The maximum atomic E-state index is 9.87. The Kier molecular flexibility index (Phi) is 6.22. The van der Waals surface area contributed by atoms with Crippen LogP contribution >= 0.6 is 0 Å². The molecule has 2 aliphatic rings. The lowest BCUT2D eigenvalue weighted by atomic mass is 9.87. The van der Waals surface area contributed by atoms with Gasteiger partial charge in [-0.3, -0.25) is 14.9 Å². The lowest BCUT2D eigenvalue weighted by Crippen LogP contribution is -2.43. The number of piperidine rings is 1. The van der Waals surface area contributed by atoms with Crippen molar-refractivity contribution in [1.29, 1.82) is 0 Å². The SMILES string of the molecule is CC1=C(C2CCCC(c3ncccc3C)N2Cc2ccccc2CO)N=CCC1. The molecule has 1 saturated heterocycles. The summed E-state index contributed by atoms with van der Waals surface area (Å²) in [6, 6.07) is 13.0. The first-order valence-electron chi connectivity index (χ1n) is 10.8. The van der Waals surface area contributed by atoms with Gasteiger partial charge in [0.05, 0.1) is 30.1 Å². The number of likely N-dealkylation sites (tertiary alicyclic amines) is 1. The Morgan fingerprint density at radius 2 is 1.83 bits per heavy atom. The first kappa shape index (κ1) is 20.0. The van der Waals surface area contributed by atoms with E-state index in [0.717, 1.165) is 37.8 Å². The molecule has 0 bridgehead atoms. The number of pyridine rings is 1. The molecule has 1 aromatic carbocycles. The molecule has 0 aliphatic carbocycles.